The van der Waals surface area contributed by atoms with E-state index < -0.39 is 0 Å². The number of amides is 1. The van der Waals surface area contributed by atoms with E-state index in [1.807, 2.05) is 52.1 Å². The third kappa shape index (κ3) is 4.82. The van der Waals surface area contributed by atoms with Crippen LogP contribution in [0, 0.1) is 11.3 Å². The van der Waals surface area contributed by atoms with E-state index in [0.717, 1.165) is 21.2 Å². The van der Waals surface area contributed by atoms with Crippen molar-refractivity contribution in [1.29, 1.82) is 5.26 Å². The Bertz CT molecular complexity index is 1030. The van der Waals surface area contributed by atoms with Crippen LogP contribution in [0.3, 0.4) is 0 Å². The topological polar surface area (TPSA) is 72.6 Å². The lowest BCUT2D eigenvalue weighted by Crippen LogP contribution is -2.38. The van der Waals surface area contributed by atoms with E-state index in [-0.39, 0.29) is 18.5 Å². The van der Waals surface area contributed by atoms with Crippen LogP contribution in [0.2, 0.25) is 0 Å². The fourth-order valence-corrected chi connectivity index (χ4v) is 4.97. The Balaban J connectivity index is 1.53. The van der Waals surface area contributed by atoms with Crippen LogP contribution in [0.15, 0.2) is 64.5 Å². The van der Waals surface area contributed by atoms with E-state index in [1.165, 1.54) is 0 Å². The van der Waals surface area contributed by atoms with E-state index in [1.54, 1.807) is 33.9 Å². The Morgan fingerprint density at radius 1 is 1.20 bits per heavy atom. The largest absolute Gasteiger partial charge is 0.288 e. The molecule has 0 unspecified atom stereocenters. The lowest BCUT2D eigenvalue weighted by molar-refractivity contribution is -0.134. The van der Waals surface area contributed by atoms with E-state index in [0.29, 0.717) is 25.9 Å². The summed E-state index contributed by atoms with van der Waals surface area (Å²) >= 11 is 3.29. The first-order chi connectivity index (χ1) is 14.7. The monoisotopic (exact) mass is 435 g/mol. The highest BCUT2D eigenvalue weighted by atomic mass is 32.1. The number of nitriles is 1. The second kappa shape index (κ2) is 9.76. The molecule has 0 spiro atoms. The highest BCUT2D eigenvalue weighted by Gasteiger charge is 2.34. The normalized spacial score (nSPS) is 15.9. The molecule has 0 saturated carbocycles. The molecule has 1 amide bonds. The van der Waals surface area contributed by atoms with Crippen LogP contribution in [0.4, 0.5) is 0 Å². The molecular formula is C22H21N5OS2. The fraction of sp³-hybridized carbons (Fsp3) is 0.273. The zero-order valence-corrected chi connectivity index (χ0v) is 18.0. The second-order valence-electron chi connectivity index (χ2n) is 6.94. The minimum atomic E-state index is -0.0812. The number of hydrogen-bond acceptors (Lipinski definition) is 7. The molecule has 8 heteroatoms. The van der Waals surface area contributed by atoms with Crippen LogP contribution in [0.1, 0.15) is 34.3 Å². The minimum Gasteiger partial charge on any atom is -0.288 e. The summed E-state index contributed by atoms with van der Waals surface area (Å²) in [6.07, 6.45) is 2.81. The van der Waals surface area contributed by atoms with Gasteiger partial charge in [-0.2, -0.15) is 10.4 Å². The molecule has 1 aliphatic rings. The molecule has 1 atom stereocenters. The fourth-order valence-electron chi connectivity index (χ4n) is 3.44. The van der Waals surface area contributed by atoms with Crippen molar-refractivity contribution in [3.63, 3.8) is 0 Å². The SMILES string of the molecule is N#CCCN(CC(=O)N1N=C(c2cccs2)C[C@@H]1c1cccs1)Cc1ccccn1. The summed E-state index contributed by atoms with van der Waals surface area (Å²) < 4.78 is 0. The summed E-state index contributed by atoms with van der Waals surface area (Å²) in [6, 6.07) is 15.9. The Morgan fingerprint density at radius 3 is 2.77 bits per heavy atom. The van der Waals surface area contributed by atoms with Crippen LogP contribution in [-0.4, -0.2) is 39.6 Å². The zero-order chi connectivity index (χ0) is 20.8. The van der Waals surface area contributed by atoms with Gasteiger partial charge in [0.05, 0.1) is 34.9 Å². The second-order valence-corrected chi connectivity index (χ2v) is 8.86. The van der Waals surface area contributed by atoms with Crippen molar-refractivity contribution < 1.29 is 4.79 Å². The van der Waals surface area contributed by atoms with Crippen molar-refractivity contribution in [2.45, 2.75) is 25.4 Å². The number of hydrogen-bond donors (Lipinski definition) is 0. The number of nitrogens with zero attached hydrogens (tertiary/aromatic N) is 5. The number of pyridine rings is 1. The average Bonchev–Trinajstić information content (AvgIpc) is 3.53. The predicted octanol–water partition coefficient (Wildman–Crippen LogP) is 4.30. The molecule has 4 heterocycles. The van der Waals surface area contributed by atoms with Gasteiger partial charge in [0, 0.05) is 37.0 Å². The first kappa shape index (κ1) is 20.4. The quantitative estimate of drug-likeness (QED) is 0.529. The molecule has 6 nitrogen and oxygen atoms in total. The molecule has 0 N–H and O–H groups in total. The maximum atomic E-state index is 13.3. The van der Waals surface area contributed by atoms with Gasteiger partial charge in [-0.1, -0.05) is 18.2 Å². The van der Waals surface area contributed by atoms with Crippen LogP contribution in [0.5, 0.6) is 0 Å². The van der Waals surface area contributed by atoms with E-state index in [4.69, 9.17) is 10.4 Å². The molecule has 0 fully saturated rings. The first-order valence-corrected chi connectivity index (χ1v) is 11.5. The van der Waals surface area contributed by atoms with Gasteiger partial charge < -0.3 is 0 Å². The first-order valence-electron chi connectivity index (χ1n) is 9.70. The Kier molecular flexibility index (Phi) is 6.64. The molecule has 1 aliphatic heterocycles. The number of hydrazone groups is 1. The molecule has 0 aliphatic carbocycles. The van der Waals surface area contributed by atoms with Gasteiger partial charge in [0.25, 0.3) is 5.91 Å². The maximum Gasteiger partial charge on any atom is 0.257 e. The summed E-state index contributed by atoms with van der Waals surface area (Å²) in [6.45, 7) is 1.23. The van der Waals surface area contributed by atoms with E-state index in [9.17, 15) is 4.79 Å². The van der Waals surface area contributed by atoms with E-state index >= 15 is 0 Å². The zero-order valence-electron chi connectivity index (χ0n) is 16.3. The summed E-state index contributed by atoms with van der Waals surface area (Å²) in [7, 11) is 0. The molecule has 0 bridgehead atoms. The lowest BCUT2D eigenvalue weighted by Gasteiger charge is -2.25. The predicted molar refractivity (Wildman–Crippen MR) is 119 cm³/mol. The van der Waals surface area contributed by atoms with Crippen molar-refractivity contribution in [1.82, 2.24) is 14.9 Å². The Labute approximate surface area is 183 Å². The molecule has 3 aromatic heterocycles. The molecule has 30 heavy (non-hydrogen) atoms. The molecule has 0 radical (unpaired) electrons. The molecule has 4 rings (SSSR count). The molecule has 0 aromatic carbocycles. The third-order valence-corrected chi connectivity index (χ3v) is 6.75. The van der Waals surface area contributed by atoms with Gasteiger partial charge in [0.1, 0.15) is 0 Å². The number of carbonyl (C=O) groups is 1. The van der Waals surface area contributed by atoms with Crippen molar-refractivity contribution >= 4 is 34.3 Å². The van der Waals surface area contributed by atoms with E-state index in [2.05, 4.69) is 17.1 Å². The molecule has 0 saturated heterocycles. The molecule has 3 aromatic rings. The smallest absolute Gasteiger partial charge is 0.257 e. The number of carbonyl (C=O) groups excluding carboxylic acids is 1. The van der Waals surface area contributed by atoms with Crippen molar-refractivity contribution in [2.24, 2.45) is 5.10 Å². The Morgan fingerprint density at radius 2 is 2.07 bits per heavy atom. The molecular weight excluding hydrogens is 414 g/mol. The van der Waals surface area contributed by atoms with Crippen molar-refractivity contribution in [3.8, 4) is 6.07 Å². The van der Waals surface area contributed by atoms with Crippen LogP contribution < -0.4 is 0 Å². The summed E-state index contributed by atoms with van der Waals surface area (Å²) in [4.78, 5) is 21.9. The van der Waals surface area contributed by atoms with Gasteiger partial charge in [0.2, 0.25) is 0 Å². The summed E-state index contributed by atoms with van der Waals surface area (Å²) in [5.41, 5.74) is 1.83. The number of aromatic nitrogens is 1. The Hall–Kier alpha value is -2.86. The van der Waals surface area contributed by atoms with Crippen LogP contribution in [-0.2, 0) is 11.3 Å². The van der Waals surface area contributed by atoms with Gasteiger partial charge in [-0.3, -0.25) is 14.7 Å². The van der Waals surface area contributed by atoms with Gasteiger partial charge >= 0.3 is 0 Å². The standard InChI is InChI=1S/C22H21N5OS2/c23-9-5-11-26(15-17-6-1-2-10-24-17)16-22(28)27-19(21-8-4-13-30-21)14-18(25-27)20-7-3-12-29-20/h1-4,6-8,10,12-13,19H,5,11,14-16H2/t19-/m1/s1. The summed E-state index contributed by atoms with van der Waals surface area (Å²) in [5, 5.41) is 19.4. The van der Waals surface area contributed by atoms with Crippen LogP contribution in [0.25, 0.3) is 0 Å². The average molecular weight is 436 g/mol. The highest BCUT2D eigenvalue weighted by Crippen LogP contribution is 2.36. The highest BCUT2D eigenvalue weighted by molar-refractivity contribution is 7.12. The number of thiophene rings is 2. The molecule has 152 valence electrons. The lowest BCUT2D eigenvalue weighted by atomic mass is 10.1. The maximum absolute atomic E-state index is 13.3. The van der Waals surface area contributed by atoms with Gasteiger partial charge in [0.15, 0.2) is 0 Å². The summed E-state index contributed by atoms with van der Waals surface area (Å²) in [5.74, 6) is -0.0613. The van der Waals surface area contributed by atoms with Crippen molar-refractivity contribution in [2.75, 3.05) is 13.1 Å². The minimum absolute atomic E-state index is 0.0613. The third-order valence-electron chi connectivity index (χ3n) is 4.85. The van der Waals surface area contributed by atoms with Gasteiger partial charge in [-0.05, 0) is 35.0 Å². The van der Waals surface area contributed by atoms with Crippen molar-refractivity contribution in [3.05, 3.63) is 74.9 Å². The van der Waals surface area contributed by atoms with Gasteiger partial charge in [-0.25, -0.2) is 5.01 Å². The van der Waals surface area contributed by atoms with Crippen LogP contribution >= 0.6 is 22.7 Å². The number of rotatable bonds is 8. The van der Waals surface area contributed by atoms with Gasteiger partial charge in [-0.15, -0.1) is 22.7 Å².